The summed E-state index contributed by atoms with van der Waals surface area (Å²) in [6, 6.07) is 4.55. The molecule has 5 heteroatoms. The minimum atomic E-state index is -1.06. The number of carboxylic acid groups (broad SMARTS) is 1. The lowest BCUT2D eigenvalue weighted by Gasteiger charge is -2.17. The van der Waals surface area contributed by atoms with Crippen LogP contribution in [0.3, 0.4) is 0 Å². The third-order valence-electron chi connectivity index (χ3n) is 2.86. The number of carbonyl (C=O) groups excluding carboxylic acids is 1. The smallest absolute Gasteiger partial charge is 0.337 e. The first-order valence-electron chi connectivity index (χ1n) is 6.71. The van der Waals surface area contributed by atoms with Gasteiger partial charge in [-0.05, 0) is 38.3 Å². The Balaban J connectivity index is 2.73. The summed E-state index contributed by atoms with van der Waals surface area (Å²) in [5.41, 5.74) is 1.23. The first kappa shape index (κ1) is 16.0. The summed E-state index contributed by atoms with van der Waals surface area (Å²) in [5, 5.41) is 14.5. The standard InChI is InChI=1S/C15H22N2O3/c1-9(2)7-11(4)16-15(20)17-13-6-5-10(3)8-12(13)14(18)19/h5-6,8-9,11H,7H2,1-4H3,(H,18,19)(H2,16,17,20). The quantitative estimate of drug-likeness (QED) is 0.773. The highest BCUT2D eigenvalue weighted by Gasteiger charge is 2.14. The molecule has 0 fully saturated rings. The van der Waals surface area contributed by atoms with E-state index in [4.69, 9.17) is 5.11 Å². The summed E-state index contributed by atoms with van der Waals surface area (Å²) >= 11 is 0. The molecule has 0 saturated heterocycles. The Bertz CT molecular complexity index is 498. The third kappa shape index (κ3) is 4.91. The van der Waals surface area contributed by atoms with E-state index in [-0.39, 0.29) is 17.6 Å². The van der Waals surface area contributed by atoms with Crippen molar-refractivity contribution in [3.63, 3.8) is 0 Å². The molecule has 0 aromatic heterocycles. The number of carboxylic acids is 1. The van der Waals surface area contributed by atoms with E-state index in [0.29, 0.717) is 11.6 Å². The number of aromatic carboxylic acids is 1. The molecule has 1 unspecified atom stereocenters. The number of carbonyl (C=O) groups is 2. The van der Waals surface area contributed by atoms with Gasteiger partial charge in [-0.15, -0.1) is 0 Å². The van der Waals surface area contributed by atoms with Crippen molar-refractivity contribution in [3.05, 3.63) is 29.3 Å². The van der Waals surface area contributed by atoms with E-state index in [9.17, 15) is 9.59 Å². The van der Waals surface area contributed by atoms with Crippen molar-refractivity contribution in [3.8, 4) is 0 Å². The monoisotopic (exact) mass is 278 g/mol. The van der Waals surface area contributed by atoms with E-state index >= 15 is 0 Å². The van der Waals surface area contributed by atoms with Gasteiger partial charge in [0.15, 0.2) is 0 Å². The summed E-state index contributed by atoms with van der Waals surface area (Å²) in [7, 11) is 0. The van der Waals surface area contributed by atoms with Gasteiger partial charge in [0.1, 0.15) is 0 Å². The SMILES string of the molecule is Cc1ccc(NC(=O)NC(C)CC(C)C)c(C(=O)O)c1. The average molecular weight is 278 g/mol. The first-order chi connectivity index (χ1) is 9.29. The number of nitrogens with one attached hydrogen (secondary N) is 2. The number of urea groups is 1. The molecule has 1 aromatic rings. The van der Waals surface area contributed by atoms with E-state index in [0.717, 1.165) is 12.0 Å². The highest BCUT2D eigenvalue weighted by molar-refractivity contribution is 6.00. The van der Waals surface area contributed by atoms with Gasteiger partial charge in [0.05, 0.1) is 11.3 Å². The number of benzene rings is 1. The fourth-order valence-electron chi connectivity index (χ4n) is 2.09. The normalized spacial score (nSPS) is 12.1. The number of aryl methyl sites for hydroxylation is 1. The number of rotatable bonds is 5. The maximum atomic E-state index is 11.8. The zero-order chi connectivity index (χ0) is 15.3. The fraction of sp³-hybridized carbons (Fsp3) is 0.467. The molecular weight excluding hydrogens is 256 g/mol. The van der Waals surface area contributed by atoms with E-state index in [1.807, 2.05) is 6.92 Å². The molecule has 2 amide bonds. The highest BCUT2D eigenvalue weighted by Crippen LogP contribution is 2.17. The second-order valence-electron chi connectivity index (χ2n) is 5.48. The molecule has 0 aliphatic carbocycles. The molecule has 0 spiro atoms. The first-order valence-corrected chi connectivity index (χ1v) is 6.71. The molecule has 0 saturated carbocycles. The predicted molar refractivity (Wildman–Crippen MR) is 79.2 cm³/mol. The van der Waals surface area contributed by atoms with Crippen LogP contribution in [-0.2, 0) is 0 Å². The fourth-order valence-corrected chi connectivity index (χ4v) is 2.09. The van der Waals surface area contributed by atoms with E-state index < -0.39 is 5.97 Å². The second-order valence-corrected chi connectivity index (χ2v) is 5.48. The Kier molecular flexibility index (Phi) is 5.55. The molecule has 1 rings (SSSR count). The van der Waals surface area contributed by atoms with E-state index in [1.165, 1.54) is 6.07 Å². The third-order valence-corrected chi connectivity index (χ3v) is 2.86. The van der Waals surface area contributed by atoms with Crippen molar-refractivity contribution in [2.75, 3.05) is 5.32 Å². The summed E-state index contributed by atoms with van der Waals surface area (Å²) in [6.07, 6.45) is 0.868. The van der Waals surface area contributed by atoms with Gasteiger partial charge in [-0.3, -0.25) is 0 Å². The number of hydrogen-bond donors (Lipinski definition) is 3. The Morgan fingerprint density at radius 3 is 2.45 bits per heavy atom. The van der Waals surface area contributed by atoms with Gasteiger partial charge >= 0.3 is 12.0 Å². The Labute approximate surface area is 119 Å². The number of anilines is 1. The lowest BCUT2D eigenvalue weighted by molar-refractivity contribution is 0.0698. The Morgan fingerprint density at radius 1 is 1.25 bits per heavy atom. The summed E-state index contributed by atoms with van der Waals surface area (Å²) in [6.45, 7) is 7.89. The second kappa shape index (κ2) is 6.93. The van der Waals surface area contributed by atoms with Crippen LogP contribution in [0.4, 0.5) is 10.5 Å². The van der Waals surface area contributed by atoms with Crippen LogP contribution in [0, 0.1) is 12.8 Å². The summed E-state index contributed by atoms with van der Waals surface area (Å²) in [5.74, 6) is -0.571. The molecular formula is C15H22N2O3. The van der Waals surface area contributed by atoms with Gasteiger partial charge in [0.2, 0.25) is 0 Å². The predicted octanol–water partition coefficient (Wildman–Crippen LogP) is 3.25. The molecule has 0 aliphatic heterocycles. The van der Waals surface area contributed by atoms with Crippen molar-refractivity contribution in [2.45, 2.75) is 40.2 Å². The van der Waals surface area contributed by atoms with Crippen molar-refractivity contribution >= 4 is 17.7 Å². The molecule has 5 nitrogen and oxygen atoms in total. The van der Waals surface area contributed by atoms with Crippen molar-refractivity contribution in [2.24, 2.45) is 5.92 Å². The van der Waals surface area contributed by atoms with Crippen LogP contribution in [0.2, 0.25) is 0 Å². The maximum absolute atomic E-state index is 11.8. The van der Waals surface area contributed by atoms with Gasteiger partial charge in [-0.1, -0.05) is 25.5 Å². The molecule has 0 bridgehead atoms. The minimum Gasteiger partial charge on any atom is -0.478 e. The van der Waals surface area contributed by atoms with Gasteiger partial charge in [0, 0.05) is 6.04 Å². The molecule has 0 heterocycles. The Morgan fingerprint density at radius 2 is 1.90 bits per heavy atom. The van der Waals surface area contributed by atoms with Crippen LogP contribution < -0.4 is 10.6 Å². The summed E-state index contributed by atoms with van der Waals surface area (Å²) < 4.78 is 0. The van der Waals surface area contributed by atoms with Crippen LogP contribution in [0.15, 0.2) is 18.2 Å². The highest BCUT2D eigenvalue weighted by atomic mass is 16.4. The van der Waals surface area contributed by atoms with E-state index in [1.54, 1.807) is 19.1 Å². The molecule has 0 aliphatic rings. The zero-order valence-electron chi connectivity index (χ0n) is 12.4. The molecule has 1 atom stereocenters. The summed E-state index contributed by atoms with van der Waals surface area (Å²) in [4.78, 5) is 23.0. The van der Waals surface area contributed by atoms with E-state index in [2.05, 4.69) is 24.5 Å². The lowest BCUT2D eigenvalue weighted by atomic mass is 10.1. The number of amides is 2. The topological polar surface area (TPSA) is 78.4 Å². The maximum Gasteiger partial charge on any atom is 0.337 e. The van der Waals surface area contributed by atoms with Crippen LogP contribution in [0.25, 0.3) is 0 Å². The lowest BCUT2D eigenvalue weighted by Crippen LogP contribution is -2.37. The number of hydrogen-bond acceptors (Lipinski definition) is 2. The minimum absolute atomic E-state index is 0.0359. The van der Waals surface area contributed by atoms with Crippen LogP contribution >= 0.6 is 0 Å². The molecule has 110 valence electrons. The molecule has 0 radical (unpaired) electrons. The van der Waals surface area contributed by atoms with Crippen LogP contribution in [-0.4, -0.2) is 23.1 Å². The molecule has 20 heavy (non-hydrogen) atoms. The van der Waals surface area contributed by atoms with Gasteiger partial charge in [-0.2, -0.15) is 0 Å². The van der Waals surface area contributed by atoms with Crippen molar-refractivity contribution in [1.29, 1.82) is 0 Å². The van der Waals surface area contributed by atoms with Gasteiger partial charge in [0.25, 0.3) is 0 Å². The van der Waals surface area contributed by atoms with Crippen LogP contribution in [0.1, 0.15) is 43.1 Å². The van der Waals surface area contributed by atoms with Crippen molar-refractivity contribution in [1.82, 2.24) is 5.32 Å². The Hall–Kier alpha value is -2.04. The van der Waals surface area contributed by atoms with Gasteiger partial charge in [-0.25, -0.2) is 9.59 Å². The zero-order valence-corrected chi connectivity index (χ0v) is 12.4. The largest absolute Gasteiger partial charge is 0.478 e. The molecule has 1 aromatic carbocycles. The average Bonchev–Trinajstić information content (AvgIpc) is 2.29. The van der Waals surface area contributed by atoms with Gasteiger partial charge < -0.3 is 15.7 Å². The molecule has 3 N–H and O–H groups in total. The van der Waals surface area contributed by atoms with Crippen molar-refractivity contribution < 1.29 is 14.7 Å². The van der Waals surface area contributed by atoms with Crippen LogP contribution in [0.5, 0.6) is 0 Å².